The molecule has 12 heavy (non-hydrogen) atoms. The number of methoxy groups -OCH3 is 1. The molecule has 0 saturated carbocycles. The Kier molecular flexibility index (Phi) is 1.58. The van der Waals surface area contributed by atoms with Crippen molar-refractivity contribution in [3.63, 3.8) is 0 Å². The van der Waals surface area contributed by atoms with E-state index < -0.39 is 0 Å². The Hall–Kier alpha value is -1.03. The summed E-state index contributed by atoms with van der Waals surface area (Å²) in [6.07, 6.45) is 3.62. The number of hydrogen-bond acceptors (Lipinski definition) is 3. The molecule has 1 saturated heterocycles. The molecular weight excluding hydrogens is 158 g/mol. The van der Waals surface area contributed by atoms with Crippen LogP contribution in [-0.4, -0.2) is 41.9 Å². The maximum absolute atomic E-state index is 11.1. The largest absolute Gasteiger partial charge is 0.453 e. The number of aliphatic hydroxyl groups excluding tert-OH is 1. The SMILES string of the molecule is COC(=O)N1C2C=CC2[C@H]1CO. The fourth-order valence-corrected chi connectivity index (χ4v) is 1.85. The van der Waals surface area contributed by atoms with Crippen molar-refractivity contribution >= 4 is 6.09 Å². The fourth-order valence-electron chi connectivity index (χ4n) is 1.85. The predicted octanol–water partition coefficient (Wildman–Crippen LogP) is -0.0161. The van der Waals surface area contributed by atoms with Crippen LogP contribution >= 0.6 is 0 Å². The first-order chi connectivity index (χ1) is 5.79. The summed E-state index contributed by atoms with van der Waals surface area (Å²) in [7, 11) is 1.35. The lowest BCUT2D eigenvalue weighted by molar-refractivity contribution is -0.0392. The second kappa shape index (κ2) is 2.48. The number of carbonyl (C=O) groups excluding carboxylic acids is 1. The van der Waals surface area contributed by atoms with Gasteiger partial charge in [0.1, 0.15) is 0 Å². The average Bonchev–Trinajstić information content (AvgIpc) is 2.06. The normalized spacial score (nSPS) is 36.5. The van der Waals surface area contributed by atoms with Gasteiger partial charge in [-0.3, -0.25) is 4.90 Å². The van der Waals surface area contributed by atoms with Crippen LogP contribution in [0, 0.1) is 5.92 Å². The minimum Gasteiger partial charge on any atom is -0.453 e. The maximum Gasteiger partial charge on any atom is 0.410 e. The van der Waals surface area contributed by atoms with Gasteiger partial charge in [0.15, 0.2) is 0 Å². The van der Waals surface area contributed by atoms with Crippen LogP contribution in [0.2, 0.25) is 0 Å². The molecule has 4 heteroatoms. The Morgan fingerprint density at radius 2 is 2.42 bits per heavy atom. The van der Waals surface area contributed by atoms with Gasteiger partial charge in [0, 0.05) is 5.92 Å². The zero-order valence-corrected chi connectivity index (χ0v) is 6.80. The van der Waals surface area contributed by atoms with E-state index in [9.17, 15) is 4.79 Å². The molecule has 1 aliphatic carbocycles. The summed E-state index contributed by atoms with van der Waals surface area (Å²) in [5.74, 6) is 0.356. The third-order valence-corrected chi connectivity index (χ3v) is 2.62. The standard InChI is InChI=1S/C8H11NO3/c1-12-8(11)9-6-3-2-5(6)7(9)4-10/h2-3,5-7,10H,4H2,1H3/t5?,6?,7-/m1/s1. The lowest BCUT2D eigenvalue weighted by Crippen LogP contribution is -2.68. The lowest BCUT2D eigenvalue weighted by atomic mass is 9.72. The first-order valence-corrected chi connectivity index (χ1v) is 3.95. The van der Waals surface area contributed by atoms with Crippen molar-refractivity contribution in [3.8, 4) is 0 Å². The first-order valence-electron chi connectivity index (χ1n) is 3.95. The molecular formula is C8H11NO3. The quantitative estimate of drug-likeness (QED) is 0.561. The zero-order chi connectivity index (χ0) is 8.72. The van der Waals surface area contributed by atoms with Crippen LogP contribution < -0.4 is 0 Å². The van der Waals surface area contributed by atoms with Crippen molar-refractivity contribution < 1.29 is 14.6 Å². The summed E-state index contributed by atoms with van der Waals surface area (Å²) in [5, 5.41) is 8.94. The Morgan fingerprint density at radius 1 is 1.67 bits per heavy atom. The first kappa shape index (κ1) is 7.61. The van der Waals surface area contributed by atoms with Crippen LogP contribution in [0.15, 0.2) is 12.2 Å². The van der Waals surface area contributed by atoms with Gasteiger partial charge in [-0.15, -0.1) is 0 Å². The molecule has 66 valence electrons. The van der Waals surface area contributed by atoms with Gasteiger partial charge in [-0.1, -0.05) is 12.2 Å². The molecule has 2 unspecified atom stereocenters. The van der Waals surface area contributed by atoms with E-state index in [4.69, 9.17) is 5.11 Å². The topological polar surface area (TPSA) is 49.8 Å². The molecule has 0 aromatic rings. The highest BCUT2D eigenvalue weighted by Gasteiger charge is 2.52. The number of rotatable bonds is 1. The van der Waals surface area contributed by atoms with Crippen molar-refractivity contribution in [3.05, 3.63) is 12.2 Å². The molecule has 1 fully saturated rings. The van der Waals surface area contributed by atoms with Crippen molar-refractivity contribution in [2.24, 2.45) is 5.92 Å². The number of hydrogen-bond donors (Lipinski definition) is 1. The minimum absolute atomic E-state index is 0.0145. The van der Waals surface area contributed by atoms with E-state index in [0.29, 0.717) is 5.92 Å². The van der Waals surface area contributed by atoms with Gasteiger partial charge in [0.05, 0.1) is 25.8 Å². The summed E-state index contributed by atoms with van der Waals surface area (Å²) in [6.45, 7) is 0.0145. The second-order valence-corrected chi connectivity index (χ2v) is 3.08. The number of ether oxygens (including phenoxy) is 1. The summed E-state index contributed by atoms with van der Waals surface area (Å²) < 4.78 is 4.58. The number of carbonyl (C=O) groups is 1. The molecule has 0 bridgehead atoms. The van der Waals surface area contributed by atoms with Gasteiger partial charge in [-0.25, -0.2) is 4.79 Å². The van der Waals surface area contributed by atoms with Gasteiger partial charge in [0.25, 0.3) is 0 Å². The van der Waals surface area contributed by atoms with E-state index >= 15 is 0 Å². The molecule has 4 nitrogen and oxygen atoms in total. The molecule has 0 aromatic carbocycles. The van der Waals surface area contributed by atoms with Gasteiger partial charge in [-0.2, -0.15) is 0 Å². The van der Waals surface area contributed by atoms with Crippen molar-refractivity contribution in [1.29, 1.82) is 0 Å². The Bertz CT molecular complexity index is 238. The highest BCUT2D eigenvalue weighted by Crippen LogP contribution is 2.40. The fraction of sp³-hybridized carbons (Fsp3) is 0.625. The second-order valence-electron chi connectivity index (χ2n) is 3.08. The molecule has 2 aliphatic rings. The molecule has 1 heterocycles. The Balaban J connectivity index is 2.06. The lowest BCUT2D eigenvalue weighted by Gasteiger charge is -2.55. The van der Waals surface area contributed by atoms with E-state index in [-0.39, 0.29) is 24.8 Å². The van der Waals surface area contributed by atoms with E-state index in [0.717, 1.165) is 0 Å². The summed E-state index contributed by atoms with van der Waals surface area (Å²) in [5.41, 5.74) is 0. The highest BCUT2D eigenvalue weighted by atomic mass is 16.5. The summed E-state index contributed by atoms with van der Waals surface area (Å²) in [4.78, 5) is 12.7. The van der Waals surface area contributed by atoms with E-state index in [1.54, 1.807) is 4.90 Å². The molecule has 0 spiro atoms. The van der Waals surface area contributed by atoms with E-state index in [1.165, 1.54) is 7.11 Å². The van der Waals surface area contributed by atoms with Crippen molar-refractivity contribution in [2.75, 3.05) is 13.7 Å². The molecule has 1 aliphatic heterocycles. The molecule has 2 rings (SSSR count). The third-order valence-electron chi connectivity index (χ3n) is 2.62. The predicted molar refractivity (Wildman–Crippen MR) is 41.5 cm³/mol. The summed E-state index contributed by atoms with van der Waals surface area (Å²) >= 11 is 0. The zero-order valence-electron chi connectivity index (χ0n) is 6.80. The van der Waals surface area contributed by atoms with Crippen LogP contribution in [-0.2, 0) is 4.74 Å². The number of amides is 1. The molecule has 1 N–H and O–H groups in total. The average molecular weight is 169 g/mol. The number of nitrogens with zero attached hydrogens (tertiary/aromatic N) is 1. The Labute approximate surface area is 70.4 Å². The van der Waals surface area contributed by atoms with Crippen LogP contribution in [0.4, 0.5) is 4.79 Å². The summed E-state index contributed by atoms with van der Waals surface area (Å²) in [6, 6.07) is 0.113. The van der Waals surface area contributed by atoms with E-state index in [2.05, 4.69) is 4.74 Å². The van der Waals surface area contributed by atoms with Crippen LogP contribution in [0.25, 0.3) is 0 Å². The molecule has 0 aromatic heterocycles. The van der Waals surface area contributed by atoms with Gasteiger partial charge in [-0.05, 0) is 0 Å². The van der Waals surface area contributed by atoms with Crippen LogP contribution in [0.5, 0.6) is 0 Å². The molecule has 0 radical (unpaired) electrons. The van der Waals surface area contributed by atoms with Gasteiger partial charge in [0.2, 0.25) is 0 Å². The van der Waals surface area contributed by atoms with Crippen LogP contribution in [0.1, 0.15) is 0 Å². The van der Waals surface area contributed by atoms with Crippen molar-refractivity contribution in [2.45, 2.75) is 12.1 Å². The number of aliphatic hydroxyl groups is 1. The molecule has 3 atom stereocenters. The smallest absolute Gasteiger partial charge is 0.410 e. The maximum atomic E-state index is 11.1. The highest BCUT2D eigenvalue weighted by molar-refractivity contribution is 5.71. The Morgan fingerprint density at radius 3 is 2.83 bits per heavy atom. The van der Waals surface area contributed by atoms with Crippen LogP contribution in [0.3, 0.4) is 0 Å². The third kappa shape index (κ3) is 0.728. The molecule has 1 amide bonds. The monoisotopic (exact) mass is 169 g/mol. The van der Waals surface area contributed by atoms with Gasteiger partial charge < -0.3 is 9.84 Å². The van der Waals surface area contributed by atoms with E-state index in [1.807, 2.05) is 12.2 Å². The van der Waals surface area contributed by atoms with Gasteiger partial charge >= 0.3 is 6.09 Å². The minimum atomic E-state index is -0.348. The number of likely N-dealkylation sites (tertiary alicyclic amines) is 1. The number of fused-ring (bicyclic) bond motifs is 1. The van der Waals surface area contributed by atoms with Crippen molar-refractivity contribution in [1.82, 2.24) is 4.90 Å².